The van der Waals surface area contributed by atoms with Gasteiger partial charge in [0, 0.05) is 19.8 Å². The van der Waals surface area contributed by atoms with E-state index in [0.29, 0.717) is 19.8 Å². The average molecular weight is 355 g/mol. The van der Waals surface area contributed by atoms with Crippen molar-refractivity contribution in [1.82, 2.24) is 0 Å². The van der Waals surface area contributed by atoms with Crippen molar-refractivity contribution in [3.8, 4) is 0 Å². The Morgan fingerprint density at radius 1 is 0.917 bits per heavy atom. The molecule has 0 saturated heterocycles. The molecule has 0 heterocycles. The van der Waals surface area contributed by atoms with Crippen molar-refractivity contribution >= 4 is 15.6 Å². The van der Waals surface area contributed by atoms with Crippen molar-refractivity contribution in [2.45, 2.75) is 46.2 Å². The number of hydrogen-bond donors (Lipinski definition) is 2. The third-order valence-electron chi connectivity index (χ3n) is 2.57. The maximum Gasteiger partial charge on any atom is 0.484 e. The molecule has 5 nitrogen and oxygen atoms in total. The molecule has 0 unspecified atom stereocenters. The SMILES string of the molecule is C1CC1.CCO[SiH](OCC)OCC.NC(N)C=Cc1ccccc1. The van der Waals surface area contributed by atoms with E-state index in [0.717, 1.165) is 5.56 Å². The lowest BCUT2D eigenvalue weighted by Gasteiger charge is -2.12. The second-order valence-electron chi connectivity index (χ2n) is 5.06. The monoisotopic (exact) mass is 354 g/mol. The van der Waals surface area contributed by atoms with Gasteiger partial charge in [0.2, 0.25) is 0 Å². The lowest BCUT2D eigenvalue weighted by Crippen LogP contribution is -2.27. The van der Waals surface area contributed by atoms with E-state index in [2.05, 4.69) is 0 Å². The molecule has 0 bridgehead atoms. The normalized spacial score (nSPS) is 12.6. The second kappa shape index (κ2) is 16.8. The van der Waals surface area contributed by atoms with E-state index >= 15 is 0 Å². The lowest BCUT2D eigenvalue weighted by molar-refractivity contribution is 0.107. The Morgan fingerprint density at radius 3 is 1.71 bits per heavy atom. The first-order valence-electron chi connectivity index (χ1n) is 8.73. The first-order valence-corrected chi connectivity index (χ1v) is 10.1. The molecular formula is C18H34N2O3Si. The van der Waals surface area contributed by atoms with E-state index in [-0.39, 0.29) is 6.17 Å². The lowest BCUT2D eigenvalue weighted by atomic mass is 10.2. The van der Waals surface area contributed by atoms with E-state index in [1.807, 2.05) is 57.2 Å². The molecule has 0 spiro atoms. The van der Waals surface area contributed by atoms with Crippen molar-refractivity contribution in [1.29, 1.82) is 0 Å². The van der Waals surface area contributed by atoms with Crippen LogP contribution in [0, 0.1) is 0 Å². The summed E-state index contributed by atoms with van der Waals surface area (Å²) in [5.41, 5.74) is 11.8. The fourth-order valence-corrected chi connectivity index (χ4v) is 2.44. The smallest absolute Gasteiger partial charge is 0.376 e. The Kier molecular flexibility index (Phi) is 16.1. The van der Waals surface area contributed by atoms with Crippen LogP contribution in [0.5, 0.6) is 0 Å². The van der Waals surface area contributed by atoms with Crippen LogP contribution in [0.25, 0.3) is 6.08 Å². The Balaban J connectivity index is 0.000000375. The van der Waals surface area contributed by atoms with E-state index < -0.39 is 9.53 Å². The summed E-state index contributed by atoms with van der Waals surface area (Å²) in [4.78, 5) is 0. The average Bonchev–Trinajstić information content (AvgIpc) is 3.44. The summed E-state index contributed by atoms with van der Waals surface area (Å²) in [6, 6.07) is 9.92. The fourth-order valence-electron chi connectivity index (χ4n) is 1.34. The summed E-state index contributed by atoms with van der Waals surface area (Å²) in [7, 11) is -1.73. The van der Waals surface area contributed by atoms with Gasteiger partial charge in [0.15, 0.2) is 0 Å². The van der Waals surface area contributed by atoms with E-state index in [9.17, 15) is 0 Å². The summed E-state index contributed by atoms with van der Waals surface area (Å²) >= 11 is 0. The third kappa shape index (κ3) is 17.3. The number of hydrogen-bond acceptors (Lipinski definition) is 5. The largest absolute Gasteiger partial charge is 0.484 e. The summed E-state index contributed by atoms with van der Waals surface area (Å²) in [6.45, 7) is 7.86. The number of rotatable bonds is 8. The molecule has 0 atom stereocenters. The number of nitrogens with two attached hydrogens (primary N) is 2. The molecule has 1 aliphatic rings. The summed E-state index contributed by atoms with van der Waals surface area (Å²) < 4.78 is 15.7. The summed E-state index contributed by atoms with van der Waals surface area (Å²) in [5, 5.41) is 0. The Hall–Kier alpha value is -1.02. The first kappa shape index (κ1) is 23.0. The van der Waals surface area contributed by atoms with Crippen LogP contribution in [0.15, 0.2) is 36.4 Å². The van der Waals surface area contributed by atoms with E-state index in [1.54, 1.807) is 6.08 Å². The van der Waals surface area contributed by atoms with Crippen LogP contribution < -0.4 is 11.5 Å². The third-order valence-corrected chi connectivity index (χ3v) is 4.39. The molecular weight excluding hydrogens is 320 g/mol. The molecule has 138 valence electrons. The van der Waals surface area contributed by atoms with Gasteiger partial charge in [-0.05, 0) is 26.3 Å². The molecule has 1 aromatic carbocycles. The predicted molar refractivity (Wildman–Crippen MR) is 104 cm³/mol. The maximum atomic E-state index is 5.33. The molecule has 2 rings (SSSR count). The van der Waals surface area contributed by atoms with Gasteiger partial charge in [0.05, 0.1) is 6.17 Å². The fraction of sp³-hybridized carbons (Fsp3) is 0.556. The minimum Gasteiger partial charge on any atom is -0.376 e. The highest BCUT2D eigenvalue weighted by atomic mass is 28.3. The summed E-state index contributed by atoms with van der Waals surface area (Å²) in [6.07, 6.45) is 7.80. The molecule has 0 radical (unpaired) electrons. The molecule has 1 fully saturated rings. The van der Waals surface area contributed by atoms with Gasteiger partial charge in [-0.2, -0.15) is 0 Å². The molecule has 1 saturated carbocycles. The van der Waals surface area contributed by atoms with Crippen LogP contribution in [0.2, 0.25) is 0 Å². The van der Waals surface area contributed by atoms with Gasteiger partial charge in [-0.1, -0.05) is 61.7 Å². The van der Waals surface area contributed by atoms with Crippen LogP contribution in [0.3, 0.4) is 0 Å². The van der Waals surface area contributed by atoms with Gasteiger partial charge in [-0.3, -0.25) is 0 Å². The highest BCUT2D eigenvalue weighted by Crippen LogP contribution is 2.14. The topological polar surface area (TPSA) is 79.7 Å². The Bertz CT molecular complexity index is 383. The zero-order chi connectivity index (χ0) is 18.0. The zero-order valence-electron chi connectivity index (χ0n) is 15.3. The number of benzene rings is 1. The quantitative estimate of drug-likeness (QED) is 0.554. The van der Waals surface area contributed by atoms with Gasteiger partial charge in [0.1, 0.15) is 0 Å². The maximum absolute atomic E-state index is 5.33. The van der Waals surface area contributed by atoms with Crippen molar-refractivity contribution in [2.24, 2.45) is 11.5 Å². The first-order chi connectivity index (χ1) is 11.6. The molecule has 4 N–H and O–H groups in total. The standard InChI is InChI=1S/C9H12N2.C6H16O3Si.C3H6/c10-9(11)7-6-8-4-2-1-3-5-8;1-4-7-10(8-5-2)9-6-3;1-2-3-1/h1-7,9H,10-11H2;10H,4-6H2,1-3H3;1-3H2. The van der Waals surface area contributed by atoms with E-state index in [1.165, 1.54) is 19.3 Å². The van der Waals surface area contributed by atoms with Crippen LogP contribution in [-0.2, 0) is 13.3 Å². The van der Waals surface area contributed by atoms with Crippen molar-refractivity contribution in [3.05, 3.63) is 42.0 Å². The van der Waals surface area contributed by atoms with Gasteiger partial charge in [-0.25, -0.2) is 0 Å². The summed E-state index contributed by atoms with van der Waals surface area (Å²) in [5.74, 6) is 0. The van der Waals surface area contributed by atoms with Gasteiger partial charge in [-0.15, -0.1) is 0 Å². The van der Waals surface area contributed by atoms with Crippen LogP contribution >= 0.6 is 0 Å². The van der Waals surface area contributed by atoms with Crippen molar-refractivity contribution in [3.63, 3.8) is 0 Å². The van der Waals surface area contributed by atoms with Gasteiger partial charge < -0.3 is 24.7 Å². The van der Waals surface area contributed by atoms with Gasteiger partial charge >= 0.3 is 9.53 Å². The van der Waals surface area contributed by atoms with Crippen molar-refractivity contribution < 1.29 is 13.3 Å². The Labute approximate surface area is 148 Å². The molecule has 24 heavy (non-hydrogen) atoms. The van der Waals surface area contributed by atoms with Crippen LogP contribution in [0.4, 0.5) is 0 Å². The molecule has 1 aliphatic carbocycles. The molecule has 0 amide bonds. The minimum absolute atomic E-state index is 0.366. The molecule has 6 heteroatoms. The van der Waals surface area contributed by atoms with Crippen LogP contribution in [-0.4, -0.2) is 35.5 Å². The molecule has 0 aliphatic heterocycles. The highest BCUT2D eigenvalue weighted by molar-refractivity contribution is 6.36. The predicted octanol–water partition coefficient (Wildman–Crippen LogP) is 2.93. The highest BCUT2D eigenvalue weighted by Gasteiger charge is 2.11. The minimum atomic E-state index is -1.73. The van der Waals surface area contributed by atoms with Crippen molar-refractivity contribution in [2.75, 3.05) is 19.8 Å². The molecule has 0 aromatic heterocycles. The Morgan fingerprint density at radius 2 is 1.38 bits per heavy atom. The zero-order valence-corrected chi connectivity index (χ0v) is 16.5. The van der Waals surface area contributed by atoms with E-state index in [4.69, 9.17) is 24.7 Å². The molecule has 1 aromatic rings. The van der Waals surface area contributed by atoms with Gasteiger partial charge in [0.25, 0.3) is 0 Å². The second-order valence-corrected chi connectivity index (χ2v) is 6.64. The van der Waals surface area contributed by atoms with Crippen LogP contribution in [0.1, 0.15) is 45.6 Å².